The van der Waals surface area contributed by atoms with Crippen molar-refractivity contribution in [2.45, 2.75) is 25.4 Å². The van der Waals surface area contributed by atoms with E-state index in [4.69, 9.17) is 18.9 Å². The maximum Gasteiger partial charge on any atom is 0.231 e. The van der Waals surface area contributed by atoms with E-state index in [0.717, 1.165) is 43.0 Å². The van der Waals surface area contributed by atoms with Crippen LogP contribution in [-0.2, 0) is 19.4 Å². The molecule has 0 aromatic heterocycles. The van der Waals surface area contributed by atoms with E-state index in [1.54, 1.807) is 14.2 Å². The molecule has 0 amide bonds. The van der Waals surface area contributed by atoms with E-state index in [-0.39, 0.29) is 18.6 Å². The number of rotatable bonds is 2. The summed E-state index contributed by atoms with van der Waals surface area (Å²) in [5.41, 5.74) is 4.80. The quantitative estimate of drug-likeness (QED) is 0.894. The molecule has 2 aromatic carbocycles. The fourth-order valence-corrected chi connectivity index (χ4v) is 4.46. The van der Waals surface area contributed by atoms with Gasteiger partial charge in [-0.3, -0.25) is 4.90 Å². The Kier molecular flexibility index (Phi) is 3.43. The maximum absolute atomic E-state index is 10.2. The normalized spacial score (nSPS) is 20.2. The molecule has 0 saturated heterocycles. The zero-order chi connectivity index (χ0) is 17.8. The predicted molar refractivity (Wildman–Crippen MR) is 94.3 cm³/mol. The summed E-state index contributed by atoms with van der Waals surface area (Å²) >= 11 is 0. The van der Waals surface area contributed by atoms with Gasteiger partial charge >= 0.3 is 0 Å². The summed E-state index contributed by atoms with van der Waals surface area (Å²) < 4.78 is 22.3. The highest BCUT2D eigenvalue weighted by atomic mass is 16.7. The van der Waals surface area contributed by atoms with Gasteiger partial charge in [-0.1, -0.05) is 0 Å². The summed E-state index contributed by atoms with van der Waals surface area (Å²) in [4.78, 5) is 2.46. The highest BCUT2D eigenvalue weighted by molar-refractivity contribution is 5.62. The number of fused-ring (bicyclic) bond motifs is 5. The molecule has 3 aliphatic heterocycles. The van der Waals surface area contributed by atoms with Gasteiger partial charge in [0, 0.05) is 24.7 Å². The summed E-state index contributed by atoms with van der Waals surface area (Å²) in [6.07, 6.45) is 1.76. The summed E-state index contributed by atoms with van der Waals surface area (Å²) in [5.74, 6) is 2.98. The van der Waals surface area contributed by atoms with Crippen LogP contribution in [0.4, 0.5) is 0 Å². The highest BCUT2D eigenvalue weighted by Gasteiger charge is 2.38. The lowest BCUT2D eigenvalue weighted by Gasteiger charge is -2.42. The minimum absolute atomic E-state index is 0.188. The third kappa shape index (κ3) is 2.15. The maximum atomic E-state index is 10.2. The van der Waals surface area contributed by atoms with Gasteiger partial charge in [0.25, 0.3) is 0 Å². The average Bonchev–Trinajstić information content (AvgIpc) is 3.12. The number of phenols is 1. The number of hydrogen-bond acceptors (Lipinski definition) is 6. The molecular weight excluding hydrogens is 334 g/mol. The number of nitrogens with zero attached hydrogens (tertiary/aromatic N) is 1. The van der Waals surface area contributed by atoms with Gasteiger partial charge in [-0.15, -0.1) is 0 Å². The topological polar surface area (TPSA) is 60.4 Å². The lowest BCUT2D eigenvalue weighted by molar-refractivity contribution is 0.155. The Morgan fingerprint density at radius 2 is 1.96 bits per heavy atom. The van der Waals surface area contributed by atoms with Crippen molar-refractivity contribution in [3.05, 3.63) is 40.5 Å². The van der Waals surface area contributed by atoms with E-state index >= 15 is 0 Å². The van der Waals surface area contributed by atoms with Crippen LogP contribution >= 0.6 is 0 Å². The van der Waals surface area contributed by atoms with E-state index in [0.29, 0.717) is 11.5 Å². The molecular formula is C20H21NO5. The Labute approximate surface area is 151 Å². The number of benzene rings is 2. The Hall–Kier alpha value is -2.60. The number of methoxy groups -OCH3 is 2. The van der Waals surface area contributed by atoms with Crippen LogP contribution in [-0.4, -0.2) is 37.6 Å². The van der Waals surface area contributed by atoms with Gasteiger partial charge in [0.05, 0.1) is 14.2 Å². The van der Waals surface area contributed by atoms with Crippen molar-refractivity contribution in [2.75, 3.05) is 27.6 Å². The Bertz CT molecular complexity index is 895. The van der Waals surface area contributed by atoms with Gasteiger partial charge in [0.2, 0.25) is 12.5 Å². The highest BCUT2D eigenvalue weighted by Crippen LogP contribution is 2.51. The standard InChI is InChI=1S/C20H21NO5/c1-23-16-8-13-9-21-4-3-11-7-17-19(26-10-25-17)20(24-2)18(11)14(21)5-12(13)6-15(16)22/h6-8,14,22H,3-5,9-10H2,1-2H3/t14-/m0/s1. The summed E-state index contributed by atoms with van der Waals surface area (Å²) in [6, 6.07) is 6.08. The van der Waals surface area contributed by atoms with Crippen LogP contribution in [0.3, 0.4) is 0 Å². The van der Waals surface area contributed by atoms with Gasteiger partial charge in [0.1, 0.15) is 0 Å². The number of hydrogen-bond donors (Lipinski definition) is 1. The second-order valence-electron chi connectivity index (χ2n) is 6.95. The summed E-state index contributed by atoms with van der Waals surface area (Å²) in [6.45, 7) is 2.04. The first-order valence-electron chi connectivity index (χ1n) is 8.81. The molecule has 3 heterocycles. The Morgan fingerprint density at radius 1 is 1.08 bits per heavy atom. The number of phenolic OH excluding ortho intramolecular Hbond substituents is 1. The van der Waals surface area contributed by atoms with Crippen molar-refractivity contribution in [3.8, 4) is 28.7 Å². The summed E-state index contributed by atoms with van der Waals surface area (Å²) in [5, 5.41) is 10.2. The zero-order valence-electron chi connectivity index (χ0n) is 14.9. The second kappa shape index (κ2) is 5.71. The van der Waals surface area contributed by atoms with Crippen molar-refractivity contribution in [2.24, 2.45) is 0 Å². The molecule has 6 nitrogen and oxygen atoms in total. The first-order chi connectivity index (χ1) is 12.7. The molecule has 6 heteroatoms. The van der Waals surface area contributed by atoms with E-state index in [9.17, 15) is 5.11 Å². The van der Waals surface area contributed by atoms with Crippen molar-refractivity contribution < 1.29 is 24.1 Å². The van der Waals surface area contributed by atoms with Crippen LogP contribution in [0.25, 0.3) is 0 Å². The molecule has 0 bridgehead atoms. The van der Waals surface area contributed by atoms with Crippen LogP contribution in [0.15, 0.2) is 18.2 Å². The van der Waals surface area contributed by atoms with Gasteiger partial charge in [-0.05, 0) is 47.7 Å². The molecule has 1 N–H and O–H groups in total. The molecule has 5 rings (SSSR count). The molecule has 0 saturated carbocycles. The van der Waals surface area contributed by atoms with Crippen LogP contribution < -0.4 is 18.9 Å². The molecule has 0 unspecified atom stereocenters. The fourth-order valence-electron chi connectivity index (χ4n) is 4.46. The molecule has 0 fully saturated rings. The van der Waals surface area contributed by atoms with Crippen LogP contribution in [0.5, 0.6) is 28.7 Å². The van der Waals surface area contributed by atoms with Crippen LogP contribution in [0.1, 0.15) is 28.3 Å². The van der Waals surface area contributed by atoms with Gasteiger partial charge < -0.3 is 24.1 Å². The van der Waals surface area contributed by atoms with E-state index in [1.165, 1.54) is 16.7 Å². The third-order valence-electron chi connectivity index (χ3n) is 5.68. The van der Waals surface area contributed by atoms with E-state index < -0.39 is 0 Å². The zero-order valence-corrected chi connectivity index (χ0v) is 14.9. The number of aromatic hydroxyl groups is 1. The van der Waals surface area contributed by atoms with E-state index in [2.05, 4.69) is 11.0 Å². The lowest BCUT2D eigenvalue weighted by atomic mass is 9.83. The SMILES string of the molecule is COc1cc2c(cc1O)C[C@H]1c3c(cc4c(c3OC)OCO4)CCN1C2. The first-order valence-corrected chi connectivity index (χ1v) is 8.81. The molecule has 1 atom stereocenters. The molecule has 26 heavy (non-hydrogen) atoms. The number of ether oxygens (including phenoxy) is 4. The monoisotopic (exact) mass is 355 g/mol. The van der Waals surface area contributed by atoms with Gasteiger partial charge in [0.15, 0.2) is 23.0 Å². The lowest BCUT2D eigenvalue weighted by Crippen LogP contribution is -2.39. The average molecular weight is 355 g/mol. The minimum Gasteiger partial charge on any atom is -0.504 e. The van der Waals surface area contributed by atoms with Crippen molar-refractivity contribution in [1.29, 1.82) is 0 Å². The van der Waals surface area contributed by atoms with Gasteiger partial charge in [-0.25, -0.2) is 0 Å². The first kappa shape index (κ1) is 15.6. The van der Waals surface area contributed by atoms with Crippen LogP contribution in [0.2, 0.25) is 0 Å². The Morgan fingerprint density at radius 3 is 2.77 bits per heavy atom. The molecule has 136 valence electrons. The smallest absolute Gasteiger partial charge is 0.231 e. The largest absolute Gasteiger partial charge is 0.504 e. The molecule has 3 aliphatic rings. The molecule has 0 radical (unpaired) electrons. The van der Waals surface area contributed by atoms with Crippen molar-refractivity contribution >= 4 is 0 Å². The molecule has 0 aliphatic carbocycles. The Balaban J connectivity index is 1.62. The van der Waals surface area contributed by atoms with Crippen molar-refractivity contribution in [3.63, 3.8) is 0 Å². The molecule has 2 aromatic rings. The minimum atomic E-state index is 0.188. The second-order valence-corrected chi connectivity index (χ2v) is 6.95. The van der Waals surface area contributed by atoms with E-state index in [1.807, 2.05) is 12.1 Å². The third-order valence-corrected chi connectivity index (χ3v) is 5.68. The van der Waals surface area contributed by atoms with Gasteiger partial charge in [-0.2, -0.15) is 0 Å². The van der Waals surface area contributed by atoms with Crippen LogP contribution in [0, 0.1) is 0 Å². The molecule has 0 spiro atoms. The predicted octanol–water partition coefficient (Wildman–Crippen LogP) is 2.79. The fraction of sp³-hybridized carbons (Fsp3) is 0.400. The summed E-state index contributed by atoms with van der Waals surface area (Å²) in [7, 11) is 3.27. The van der Waals surface area contributed by atoms with Crippen molar-refractivity contribution in [1.82, 2.24) is 4.90 Å².